The van der Waals surface area contributed by atoms with Gasteiger partial charge in [-0.25, -0.2) is 0 Å². The molecule has 4 nitrogen and oxygen atoms in total. The number of nitrogens with zero attached hydrogens (tertiary/aromatic N) is 2. The molecule has 1 heterocycles. The average molecular weight is 276 g/mol. The Kier molecular flexibility index (Phi) is 6.22. The first kappa shape index (κ1) is 16.5. The summed E-state index contributed by atoms with van der Waals surface area (Å²) >= 11 is 0. The van der Waals surface area contributed by atoms with E-state index in [4.69, 9.17) is 5.73 Å². The molecule has 1 aliphatic rings. The first-order valence-electron chi connectivity index (χ1n) is 5.13. The van der Waals surface area contributed by atoms with Crippen LogP contribution in [0.3, 0.4) is 0 Å². The summed E-state index contributed by atoms with van der Waals surface area (Å²) in [6.07, 6.45) is -4.17. The molecular weight excluding hydrogens is 259 g/mol. The van der Waals surface area contributed by atoms with Crippen LogP contribution in [0.25, 0.3) is 0 Å². The molecule has 1 rings (SSSR count). The Labute approximate surface area is 104 Å². The van der Waals surface area contributed by atoms with E-state index in [1.807, 2.05) is 0 Å². The van der Waals surface area contributed by atoms with Crippen molar-refractivity contribution >= 4 is 18.3 Å². The number of nitrogens with two attached hydrogens (primary N) is 1. The fraction of sp³-hybridized carbons (Fsp3) is 0.889. The molecule has 1 fully saturated rings. The topological polar surface area (TPSA) is 49.6 Å². The molecule has 0 aromatic carbocycles. The van der Waals surface area contributed by atoms with Gasteiger partial charge in [0, 0.05) is 26.2 Å². The third kappa shape index (κ3) is 5.56. The first-order chi connectivity index (χ1) is 7.29. The van der Waals surface area contributed by atoms with Crippen molar-refractivity contribution in [2.24, 2.45) is 5.73 Å². The lowest BCUT2D eigenvalue weighted by atomic mass is 10.2. The van der Waals surface area contributed by atoms with Gasteiger partial charge in [0.15, 0.2) is 0 Å². The van der Waals surface area contributed by atoms with E-state index in [1.54, 1.807) is 6.92 Å². The Morgan fingerprint density at radius 3 is 2.12 bits per heavy atom. The van der Waals surface area contributed by atoms with Crippen molar-refractivity contribution in [1.82, 2.24) is 9.80 Å². The van der Waals surface area contributed by atoms with Gasteiger partial charge in [-0.2, -0.15) is 13.2 Å². The quantitative estimate of drug-likeness (QED) is 0.797. The standard InChI is InChI=1S/C9H16F3N3O.ClH/c1-7(13)8(16)15-4-2-14(3-5-15)6-9(10,11)12;/h7H,2-6,13H2,1H3;1H/t7-;/m1./s1. The molecule has 17 heavy (non-hydrogen) atoms. The van der Waals surface area contributed by atoms with Gasteiger partial charge >= 0.3 is 6.18 Å². The van der Waals surface area contributed by atoms with E-state index < -0.39 is 18.8 Å². The number of hydrogen-bond donors (Lipinski definition) is 1. The monoisotopic (exact) mass is 275 g/mol. The van der Waals surface area contributed by atoms with E-state index in [0.717, 1.165) is 0 Å². The maximum absolute atomic E-state index is 12.1. The van der Waals surface area contributed by atoms with Crippen LogP contribution in [-0.2, 0) is 4.79 Å². The number of carbonyl (C=O) groups is 1. The first-order valence-corrected chi connectivity index (χ1v) is 5.13. The summed E-state index contributed by atoms with van der Waals surface area (Å²) in [6, 6.07) is -0.589. The van der Waals surface area contributed by atoms with Gasteiger partial charge in [-0.3, -0.25) is 9.69 Å². The molecule has 2 N–H and O–H groups in total. The molecule has 1 atom stereocenters. The highest BCUT2D eigenvalue weighted by atomic mass is 35.5. The van der Waals surface area contributed by atoms with Crippen molar-refractivity contribution in [3.05, 3.63) is 0 Å². The summed E-state index contributed by atoms with van der Waals surface area (Å²) in [5, 5.41) is 0. The molecule has 8 heteroatoms. The highest BCUT2D eigenvalue weighted by Gasteiger charge is 2.33. The lowest BCUT2D eigenvalue weighted by molar-refractivity contribution is -0.152. The Bertz CT molecular complexity index is 252. The second kappa shape index (κ2) is 6.42. The van der Waals surface area contributed by atoms with Crippen LogP contribution in [0.15, 0.2) is 0 Å². The zero-order valence-corrected chi connectivity index (χ0v) is 10.4. The minimum absolute atomic E-state index is 0. The SMILES string of the molecule is C[C@@H](N)C(=O)N1CCN(CC(F)(F)F)CC1.Cl. The number of amides is 1. The lowest BCUT2D eigenvalue weighted by Crippen LogP contribution is -2.53. The number of rotatable bonds is 2. The van der Waals surface area contributed by atoms with Crippen molar-refractivity contribution in [2.45, 2.75) is 19.1 Å². The molecule has 1 aliphatic heterocycles. The van der Waals surface area contributed by atoms with E-state index in [0.29, 0.717) is 13.1 Å². The van der Waals surface area contributed by atoms with Gasteiger partial charge in [-0.15, -0.1) is 12.4 Å². The second-order valence-corrected chi connectivity index (χ2v) is 4.01. The Morgan fingerprint density at radius 2 is 1.76 bits per heavy atom. The van der Waals surface area contributed by atoms with Gasteiger partial charge in [0.25, 0.3) is 0 Å². The fourth-order valence-electron chi connectivity index (χ4n) is 1.67. The summed E-state index contributed by atoms with van der Waals surface area (Å²) in [4.78, 5) is 14.3. The Balaban J connectivity index is 0.00000256. The highest BCUT2D eigenvalue weighted by Crippen LogP contribution is 2.17. The number of hydrogen-bond acceptors (Lipinski definition) is 3. The predicted octanol–water partition coefficient (Wildman–Crippen LogP) is 0.462. The maximum atomic E-state index is 12.1. The molecule has 0 aromatic rings. The van der Waals surface area contributed by atoms with Crippen LogP contribution >= 0.6 is 12.4 Å². The molecule has 0 aliphatic carbocycles. The molecule has 0 spiro atoms. The minimum Gasteiger partial charge on any atom is -0.339 e. The van der Waals surface area contributed by atoms with E-state index in [9.17, 15) is 18.0 Å². The van der Waals surface area contributed by atoms with Crippen LogP contribution in [-0.4, -0.2) is 60.6 Å². The van der Waals surface area contributed by atoms with Crippen LogP contribution < -0.4 is 5.73 Å². The molecule has 0 aromatic heterocycles. The van der Waals surface area contributed by atoms with E-state index in [2.05, 4.69) is 0 Å². The summed E-state index contributed by atoms with van der Waals surface area (Å²) in [5.41, 5.74) is 5.42. The summed E-state index contributed by atoms with van der Waals surface area (Å²) in [6.45, 7) is 1.79. The number of alkyl halides is 3. The summed E-state index contributed by atoms with van der Waals surface area (Å²) in [7, 11) is 0. The zero-order valence-electron chi connectivity index (χ0n) is 9.54. The van der Waals surface area contributed by atoms with Gasteiger partial charge in [-0.05, 0) is 6.92 Å². The smallest absolute Gasteiger partial charge is 0.339 e. The number of carbonyl (C=O) groups excluding carboxylic acids is 1. The van der Waals surface area contributed by atoms with Crippen LogP contribution in [0.5, 0.6) is 0 Å². The molecule has 1 saturated heterocycles. The molecule has 102 valence electrons. The molecule has 1 amide bonds. The Hall–Kier alpha value is -0.530. The third-order valence-electron chi connectivity index (χ3n) is 2.48. The van der Waals surface area contributed by atoms with Gasteiger partial charge in [-0.1, -0.05) is 0 Å². The average Bonchev–Trinajstić information content (AvgIpc) is 2.15. The maximum Gasteiger partial charge on any atom is 0.401 e. The van der Waals surface area contributed by atoms with Crippen molar-refractivity contribution in [3.8, 4) is 0 Å². The largest absolute Gasteiger partial charge is 0.401 e. The Morgan fingerprint density at radius 1 is 1.29 bits per heavy atom. The molecule has 0 radical (unpaired) electrons. The van der Waals surface area contributed by atoms with Gasteiger partial charge in [0.2, 0.25) is 5.91 Å². The van der Waals surface area contributed by atoms with Crippen molar-refractivity contribution in [3.63, 3.8) is 0 Å². The van der Waals surface area contributed by atoms with Gasteiger partial charge in [0.1, 0.15) is 0 Å². The van der Waals surface area contributed by atoms with Crippen molar-refractivity contribution in [1.29, 1.82) is 0 Å². The van der Waals surface area contributed by atoms with E-state index in [1.165, 1.54) is 9.80 Å². The van der Waals surface area contributed by atoms with Gasteiger partial charge < -0.3 is 10.6 Å². The zero-order chi connectivity index (χ0) is 12.3. The van der Waals surface area contributed by atoms with Crippen molar-refractivity contribution in [2.75, 3.05) is 32.7 Å². The second-order valence-electron chi connectivity index (χ2n) is 4.01. The lowest BCUT2D eigenvalue weighted by Gasteiger charge is -2.35. The van der Waals surface area contributed by atoms with Crippen LogP contribution in [0.2, 0.25) is 0 Å². The summed E-state index contributed by atoms with van der Waals surface area (Å²) < 4.78 is 36.2. The van der Waals surface area contributed by atoms with E-state index in [-0.39, 0.29) is 31.4 Å². The highest BCUT2D eigenvalue weighted by molar-refractivity contribution is 5.85. The summed E-state index contributed by atoms with van der Waals surface area (Å²) in [5.74, 6) is -0.202. The fourth-order valence-corrected chi connectivity index (χ4v) is 1.67. The van der Waals surface area contributed by atoms with Crippen LogP contribution in [0.1, 0.15) is 6.92 Å². The number of piperazine rings is 1. The van der Waals surface area contributed by atoms with Crippen LogP contribution in [0, 0.1) is 0 Å². The number of halogens is 4. The molecule has 0 unspecified atom stereocenters. The van der Waals surface area contributed by atoms with Gasteiger partial charge in [0.05, 0.1) is 12.6 Å². The van der Waals surface area contributed by atoms with E-state index >= 15 is 0 Å². The third-order valence-corrected chi connectivity index (χ3v) is 2.48. The molecule has 0 bridgehead atoms. The normalized spacial score (nSPS) is 19.7. The molecular formula is C9H17ClF3N3O. The predicted molar refractivity (Wildman–Crippen MR) is 60.0 cm³/mol. The molecule has 0 saturated carbocycles. The van der Waals surface area contributed by atoms with Crippen LogP contribution in [0.4, 0.5) is 13.2 Å². The minimum atomic E-state index is -4.17. The van der Waals surface area contributed by atoms with Crippen molar-refractivity contribution < 1.29 is 18.0 Å².